The summed E-state index contributed by atoms with van der Waals surface area (Å²) in [4.78, 5) is 0. The van der Waals surface area contributed by atoms with Crippen LogP contribution >= 0.6 is 0 Å². The topological polar surface area (TPSA) is 26.0 Å². The molecule has 1 aliphatic rings. The van der Waals surface area contributed by atoms with E-state index in [1.54, 1.807) is 0 Å². The SMILES string of the molecule is NC1CCC(F)C1c1ccccc1. The average Bonchev–Trinajstić information content (AvgIpc) is 2.48. The second-order valence-corrected chi connectivity index (χ2v) is 3.69. The number of hydrogen-bond donors (Lipinski definition) is 1. The van der Waals surface area contributed by atoms with Gasteiger partial charge in [0.25, 0.3) is 0 Å². The molecule has 2 rings (SSSR count). The quantitative estimate of drug-likeness (QED) is 0.703. The highest BCUT2D eigenvalue weighted by molar-refractivity contribution is 5.24. The predicted molar refractivity (Wildman–Crippen MR) is 51.3 cm³/mol. The monoisotopic (exact) mass is 179 g/mol. The summed E-state index contributed by atoms with van der Waals surface area (Å²) in [6, 6.07) is 9.74. The lowest BCUT2D eigenvalue weighted by atomic mass is 9.94. The van der Waals surface area contributed by atoms with Crippen LogP contribution in [0.2, 0.25) is 0 Å². The maximum absolute atomic E-state index is 13.4. The van der Waals surface area contributed by atoms with Crippen LogP contribution in [0.15, 0.2) is 30.3 Å². The second kappa shape index (κ2) is 3.46. The Bertz CT molecular complexity index is 263. The molecule has 0 aromatic heterocycles. The highest BCUT2D eigenvalue weighted by Gasteiger charge is 2.34. The zero-order valence-electron chi connectivity index (χ0n) is 7.49. The first-order valence-corrected chi connectivity index (χ1v) is 4.73. The van der Waals surface area contributed by atoms with E-state index in [2.05, 4.69) is 0 Å². The standard InChI is InChI=1S/C11H14FN/c12-9-6-7-10(13)11(9)8-4-2-1-3-5-8/h1-5,9-11H,6-7,13H2. The van der Waals surface area contributed by atoms with Crippen molar-refractivity contribution in [2.75, 3.05) is 0 Å². The molecule has 1 fully saturated rings. The van der Waals surface area contributed by atoms with E-state index < -0.39 is 6.17 Å². The fourth-order valence-electron chi connectivity index (χ4n) is 2.11. The third-order valence-corrected chi connectivity index (χ3v) is 2.81. The molecule has 0 bridgehead atoms. The zero-order valence-corrected chi connectivity index (χ0v) is 7.49. The van der Waals surface area contributed by atoms with Gasteiger partial charge in [0, 0.05) is 12.0 Å². The smallest absolute Gasteiger partial charge is 0.108 e. The normalized spacial score (nSPS) is 33.5. The first-order chi connectivity index (χ1) is 6.29. The molecule has 3 atom stereocenters. The summed E-state index contributed by atoms with van der Waals surface area (Å²) in [6.45, 7) is 0. The number of rotatable bonds is 1. The van der Waals surface area contributed by atoms with Crippen molar-refractivity contribution in [2.45, 2.75) is 31.0 Å². The first kappa shape index (κ1) is 8.70. The Hall–Kier alpha value is -0.890. The maximum Gasteiger partial charge on any atom is 0.108 e. The van der Waals surface area contributed by atoms with E-state index in [-0.39, 0.29) is 12.0 Å². The van der Waals surface area contributed by atoms with Crippen LogP contribution in [-0.4, -0.2) is 12.2 Å². The third-order valence-electron chi connectivity index (χ3n) is 2.81. The Morgan fingerprint density at radius 1 is 1.15 bits per heavy atom. The molecule has 0 saturated heterocycles. The van der Waals surface area contributed by atoms with Crippen molar-refractivity contribution in [1.82, 2.24) is 0 Å². The molecule has 3 unspecified atom stereocenters. The molecule has 0 aliphatic heterocycles. The van der Waals surface area contributed by atoms with Crippen LogP contribution in [0.5, 0.6) is 0 Å². The first-order valence-electron chi connectivity index (χ1n) is 4.73. The molecule has 2 N–H and O–H groups in total. The number of alkyl halides is 1. The van der Waals surface area contributed by atoms with Gasteiger partial charge in [0.15, 0.2) is 0 Å². The van der Waals surface area contributed by atoms with E-state index in [0.717, 1.165) is 12.0 Å². The predicted octanol–water partition coefficient (Wildman–Crippen LogP) is 2.23. The van der Waals surface area contributed by atoms with Crippen molar-refractivity contribution in [3.63, 3.8) is 0 Å². The molecule has 1 aliphatic carbocycles. The molecule has 2 heteroatoms. The molecule has 0 amide bonds. The molecular formula is C11H14FN. The Morgan fingerprint density at radius 3 is 2.38 bits per heavy atom. The Morgan fingerprint density at radius 2 is 1.85 bits per heavy atom. The zero-order chi connectivity index (χ0) is 9.26. The Balaban J connectivity index is 2.25. The van der Waals surface area contributed by atoms with Gasteiger partial charge in [-0.2, -0.15) is 0 Å². The number of nitrogens with two attached hydrogens (primary N) is 1. The minimum absolute atomic E-state index is 0.00241. The molecule has 1 aromatic carbocycles. The van der Waals surface area contributed by atoms with Crippen LogP contribution < -0.4 is 5.73 Å². The average molecular weight is 179 g/mol. The minimum Gasteiger partial charge on any atom is -0.327 e. The minimum atomic E-state index is -0.752. The van der Waals surface area contributed by atoms with Crippen molar-refractivity contribution in [2.24, 2.45) is 5.73 Å². The fourth-order valence-corrected chi connectivity index (χ4v) is 2.11. The van der Waals surface area contributed by atoms with Gasteiger partial charge in [0.05, 0.1) is 0 Å². The van der Waals surface area contributed by atoms with Gasteiger partial charge in [-0.3, -0.25) is 0 Å². The van der Waals surface area contributed by atoms with Crippen molar-refractivity contribution < 1.29 is 4.39 Å². The summed E-state index contributed by atoms with van der Waals surface area (Å²) in [5, 5.41) is 0. The second-order valence-electron chi connectivity index (χ2n) is 3.69. The summed E-state index contributed by atoms with van der Waals surface area (Å²) >= 11 is 0. The molecule has 70 valence electrons. The molecule has 0 heterocycles. The van der Waals surface area contributed by atoms with Gasteiger partial charge in [-0.25, -0.2) is 4.39 Å². The highest BCUT2D eigenvalue weighted by Crippen LogP contribution is 2.35. The highest BCUT2D eigenvalue weighted by atomic mass is 19.1. The summed E-state index contributed by atoms with van der Waals surface area (Å²) < 4.78 is 13.4. The van der Waals surface area contributed by atoms with Gasteiger partial charge in [-0.1, -0.05) is 30.3 Å². The van der Waals surface area contributed by atoms with E-state index >= 15 is 0 Å². The van der Waals surface area contributed by atoms with E-state index in [1.807, 2.05) is 30.3 Å². The molecular weight excluding hydrogens is 165 g/mol. The number of benzene rings is 1. The summed E-state index contributed by atoms with van der Waals surface area (Å²) in [5.74, 6) is -0.0822. The molecule has 0 spiro atoms. The molecule has 0 radical (unpaired) electrons. The maximum atomic E-state index is 13.4. The van der Waals surface area contributed by atoms with Crippen molar-refractivity contribution in [3.8, 4) is 0 Å². The molecule has 1 aromatic rings. The van der Waals surface area contributed by atoms with Gasteiger partial charge in [-0.05, 0) is 18.4 Å². The van der Waals surface area contributed by atoms with Crippen molar-refractivity contribution in [1.29, 1.82) is 0 Å². The molecule has 1 saturated carbocycles. The Kier molecular flexibility index (Phi) is 2.32. The van der Waals surface area contributed by atoms with Crippen LogP contribution in [0.4, 0.5) is 4.39 Å². The van der Waals surface area contributed by atoms with Crippen molar-refractivity contribution in [3.05, 3.63) is 35.9 Å². The lowest BCUT2D eigenvalue weighted by molar-refractivity contribution is 0.306. The van der Waals surface area contributed by atoms with Crippen LogP contribution in [0.25, 0.3) is 0 Å². The largest absolute Gasteiger partial charge is 0.327 e. The van der Waals surface area contributed by atoms with Gasteiger partial charge in [0.2, 0.25) is 0 Å². The molecule has 1 nitrogen and oxygen atoms in total. The number of halogens is 1. The van der Waals surface area contributed by atoms with Gasteiger partial charge in [0.1, 0.15) is 6.17 Å². The molecule has 13 heavy (non-hydrogen) atoms. The number of hydrogen-bond acceptors (Lipinski definition) is 1. The van der Waals surface area contributed by atoms with Gasteiger partial charge < -0.3 is 5.73 Å². The van der Waals surface area contributed by atoms with Crippen LogP contribution in [0, 0.1) is 0 Å². The van der Waals surface area contributed by atoms with E-state index in [9.17, 15) is 4.39 Å². The fraction of sp³-hybridized carbons (Fsp3) is 0.455. The summed E-state index contributed by atoms with van der Waals surface area (Å²) in [6.07, 6.45) is 0.666. The van der Waals surface area contributed by atoms with Gasteiger partial charge in [-0.15, -0.1) is 0 Å². The van der Waals surface area contributed by atoms with Gasteiger partial charge >= 0.3 is 0 Å². The van der Waals surface area contributed by atoms with Crippen molar-refractivity contribution >= 4 is 0 Å². The summed E-state index contributed by atoms with van der Waals surface area (Å²) in [7, 11) is 0. The van der Waals surface area contributed by atoms with Crippen LogP contribution in [0.1, 0.15) is 24.3 Å². The van der Waals surface area contributed by atoms with E-state index in [4.69, 9.17) is 5.73 Å². The lowest BCUT2D eigenvalue weighted by Crippen LogP contribution is -2.26. The van der Waals surface area contributed by atoms with E-state index in [0.29, 0.717) is 6.42 Å². The summed E-state index contributed by atoms with van der Waals surface area (Å²) in [5.41, 5.74) is 6.90. The van der Waals surface area contributed by atoms with E-state index in [1.165, 1.54) is 0 Å². The lowest BCUT2D eigenvalue weighted by Gasteiger charge is -2.17. The Labute approximate surface area is 77.8 Å². The third kappa shape index (κ3) is 1.59. The van der Waals surface area contributed by atoms with Crippen LogP contribution in [-0.2, 0) is 0 Å². The van der Waals surface area contributed by atoms with Crippen LogP contribution in [0.3, 0.4) is 0 Å².